The first-order chi connectivity index (χ1) is 16.6. The zero-order valence-electron chi connectivity index (χ0n) is 18.0. The average molecular weight is 503 g/mol. The fourth-order valence-corrected chi connectivity index (χ4v) is 3.13. The van der Waals surface area contributed by atoms with E-state index in [0.29, 0.717) is 33.2 Å². The lowest BCUT2D eigenvalue weighted by atomic mass is 10.3. The van der Waals surface area contributed by atoms with E-state index in [1.165, 1.54) is 48.7 Å². The summed E-state index contributed by atoms with van der Waals surface area (Å²) in [6, 6.07) is 16.0. The van der Waals surface area contributed by atoms with Crippen molar-refractivity contribution < 1.29 is 31.8 Å². The Morgan fingerprint density at radius 2 is 1.57 bits per heavy atom. The second-order valence-corrected chi connectivity index (χ2v) is 7.68. The molecule has 0 aliphatic carbocycles. The Kier molecular flexibility index (Phi) is 6.97. The highest BCUT2D eigenvalue weighted by Gasteiger charge is 2.31. The molecule has 0 saturated carbocycles. The summed E-state index contributed by atoms with van der Waals surface area (Å²) in [5.41, 5.74) is 1.41. The van der Waals surface area contributed by atoms with Gasteiger partial charge < -0.3 is 19.5 Å². The molecule has 0 aliphatic heterocycles. The maximum absolute atomic E-state index is 13.3. The molecule has 180 valence electrons. The molecule has 11 heteroatoms. The van der Waals surface area contributed by atoms with Crippen LogP contribution in [-0.2, 0) is 0 Å². The van der Waals surface area contributed by atoms with Crippen molar-refractivity contribution in [3.8, 4) is 23.1 Å². The van der Waals surface area contributed by atoms with Gasteiger partial charge in [-0.15, -0.1) is 13.2 Å². The Morgan fingerprint density at radius 1 is 0.914 bits per heavy atom. The Labute approximate surface area is 202 Å². The second-order valence-electron chi connectivity index (χ2n) is 7.24. The molecule has 4 aromatic rings. The van der Waals surface area contributed by atoms with Gasteiger partial charge in [-0.25, -0.2) is 14.4 Å². The summed E-state index contributed by atoms with van der Waals surface area (Å²) in [7, 11) is 0. The van der Waals surface area contributed by atoms with Gasteiger partial charge in [-0.05, 0) is 67.6 Å². The molecule has 0 fully saturated rings. The van der Waals surface area contributed by atoms with Crippen LogP contribution in [-0.4, -0.2) is 27.4 Å². The lowest BCUT2D eigenvalue weighted by Crippen LogP contribution is -2.28. The SMILES string of the molecule is CC(Oc1ccc(Oc2cnc3cc(F)ccc3n2)cc1)C(=S)Nc1ccc(OC(F)(F)F)cc1. The van der Waals surface area contributed by atoms with Crippen LogP contribution in [0.2, 0.25) is 0 Å². The number of aromatic nitrogens is 2. The highest BCUT2D eigenvalue weighted by atomic mass is 32.1. The topological polar surface area (TPSA) is 65.5 Å². The van der Waals surface area contributed by atoms with Crippen LogP contribution in [0.15, 0.2) is 72.9 Å². The van der Waals surface area contributed by atoms with Gasteiger partial charge in [0, 0.05) is 11.8 Å². The number of thiocarbonyl (C=S) groups is 1. The van der Waals surface area contributed by atoms with Gasteiger partial charge in [0.1, 0.15) is 34.2 Å². The molecule has 3 aromatic carbocycles. The lowest BCUT2D eigenvalue weighted by molar-refractivity contribution is -0.274. The van der Waals surface area contributed by atoms with Crippen LogP contribution in [0.1, 0.15) is 6.92 Å². The van der Waals surface area contributed by atoms with Crippen molar-refractivity contribution >= 4 is 33.9 Å². The number of alkyl halides is 3. The zero-order valence-corrected chi connectivity index (χ0v) is 18.9. The molecule has 0 radical (unpaired) electrons. The first-order valence-electron chi connectivity index (χ1n) is 10.2. The number of rotatable bonds is 7. The number of ether oxygens (including phenoxy) is 3. The van der Waals surface area contributed by atoms with Gasteiger partial charge in [0.15, 0.2) is 0 Å². The second kappa shape index (κ2) is 10.1. The zero-order chi connectivity index (χ0) is 25.0. The number of anilines is 1. The smallest absolute Gasteiger partial charge is 0.484 e. The molecule has 0 aliphatic rings. The summed E-state index contributed by atoms with van der Waals surface area (Å²) in [4.78, 5) is 8.77. The number of nitrogens with zero attached hydrogens (tertiary/aromatic N) is 2. The van der Waals surface area contributed by atoms with Crippen LogP contribution in [0.4, 0.5) is 23.2 Å². The molecule has 1 aromatic heterocycles. The first kappa shape index (κ1) is 24.1. The van der Waals surface area contributed by atoms with Gasteiger partial charge in [0.2, 0.25) is 5.88 Å². The number of fused-ring (bicyclic) bond motifs is 1. The summed E-state index contributed by atoms with van der Waals surface area (Å²) in [5.74, 6) is 0.534. The van der Waals surface area contributed by atoms with E-state index in [4.69, 9.17) is 21.7 Å². The fourth-order valence-electron chi connectivity index (χ4n) is 2.96. The largest absolute Gasteiger partial charge is 0.573 e. The van der Waals surface area contributed by atoms with E-state index in [1.807, 2.05) is 0 Å². The minimum atomic E-state index is -4.75. The highest BCUT2D eigenvalue weighted by Crippen LogP contribution is 2.26. The van der Waals surface area contributed by atoms with E-state index >= 15 is 0 Å². The van der Waals surface area contributed by atoms with Gasteiger partial charge >= 0.3 is 6.36 Å². The van der Waals surface area contributed by atoms with E-state index in [2.05, 4.69) is 20.0 Å². The molecular weight excluding hydrogens is 486 g/mol. The quantitative estimate of drug-likeness (QED) is 0.223. The average Bonchev–Trinajstić information content (AvgIpc) is 2.81. The van der Waals surface area contributed by atoms with Crippen LogP contribution in [0, 0.1) is 5.82 Å². The lowest BCUT2D eigenvalue weighted by Gasteiger charge is -2.18. The monoisotopic (exact) mass is 503 g/mol. The van der Waals surface area contributed by atoms with Crippen molar-refractivity contribution in [2.45, 2.75) is 19.4 Å². The maximum Gasteiger partial charge on any atom is 0.573 e. The Hall–Kier alpha value is -3.99. The van der Waals surface area contributed by atoms with Gasteiger partial charge in [0.25, 0.3) is 0 Å². The number of halogens is 4. The normalized spacial score (nSPS) is 12.1. The summed E-state index contributed by atoms with van der Waals surface area (Å²) in [6.45, 7) is 1.73. The van der Waals surface area contributed by atoms with Crippen LogP contribution < -0.4 is 19.5 Å². The molecule has 1 N–H and O–H groups in total. The standard InChI is InChI=1S/C24H17F4N3O3S/c1-14(23(35)30-16-3-5-19(6-4-16)34-24(26,27)28)32-17-7-9-18(10-8-17)33-22-13-29-21-12-15(25)2-11-20(21)31-22/h2-14H,1H3,(H,30,35). The Bertz CT molecular complexity index is 1330. The number of hydrogen-bond donors (Lipinski definition) is 1. The van der Waals surface area contributed by atoms with Crippen molar-refractivity contribution in [3.63, 3.8) is 0 Å². The van der Waals surface area contributed by atoms with Gasteiger partial charge in [-0.3, -0.25) is 0 Å². The predicted octanol–water partition coefficient (Wildman–Crippen LogP) is 6.67. The van der Waals surface area contributed by atoms with Crippen molar-refractivity contribution in [2.75, 3.05) is 5.32 Å². The number of nitrogens with one attached hydrogen (secondary N) is 1. The molecule has 1 heterocycles. The van der Waals surface area contributed by atoms with E-state index in [-0.39, 0.29) is 11.6 Å². The van der Waals surface area contributed by atoms with E-state index < -0.39 is 18.3 Å². The number of hydrogen-bond acceptors (Lipinski definition) is 6. The molecular formula is C24H17F4N3O3S. The summed E-state index contributed by atoms with van der Waals surface area (Å²) in [5, 5.41) is 2.92. The van der Waals surface area contributed by atoms with Crippen LogP contribution in [0.25, 0.3) is 11.0 Å². The molecule has 35 heavy (non-hydrogen) atoms. The van der Waals surface area contributed by atoms with Crippen molar-refractivity contribution in [1.29, 1.82) is 0 Å². The minimum absolute atomic E-state index is 0.253. The molecule has 1 atom stereocenters. The third-order valence-corrected chi connectivity index (χ3v) is 5.00. The van der Waals surface area contributed by atoms with Crippen LogP contribution in [0.5, 0.6) is 23.1 Å². The summed E-state index contributed by atoms with van der Waals surface area (Å²) >= 11 is 5.33. The van der Waals surface area contributed by atoms with Gasteiger partial charge in [-0.1, -0.05) is 12.2 Å². The number of benzene rings is 3. The summed E-state index contributed by atoms with van der Waals surface area (Å²) < 4.78 is 65.4. The minimum Gasteiger partial charge on any atom is -0.484 e. The van der Waals surface area contributed by atoms with E-state index in [0.717, 1.165) is 0 Å². The highest BCUT2D eigenvalue weighted by molar-refractivity contribution is 7.80. The van der Waals surface area contributed by atoms with Crippen molar-refractivity contribution in [2.24, 2.45) is 0 Å². The fraction of sp³-hybridized carbons (Fsp3) is 0.125. The van der Waals surface area contributed by atoms with E-state index in [1.54, 1.807) is 31.2 Å². The predicted molar refractivity (Wildman–Crippen MR) is 125 cm³/mol. The maximum atomic E-state index is 13.3. The molecule has 0 spiro atoms. The van der Waals surface area contributed by atoms with Gasteiger partial charge in [0.05, 0.1) is 17.2 Å². The van der Waals surface area contributed by atoms with Crippen LogP contribution >= 0.6 is 12.2 Å². The Morgan fingerprint density at radius 3 is 2.26 bits per heavy atom. The third-order valence-electron chi connectivity index (χ3n) is 4.57. The van der Waals surface area contributed by atoms with Crippen molar-refractivity contribution in [3.05, 3.63) is 78.7 Å². The molecule has 0 bridgehead atoms. The molecule has 4 rings (SSSR count). The van der Waals surface area contributed by atoms with E-state index in [9.17, 15) is 17.6 Å². The molecule has 1 unspecified atom stereocenters. The third kappa shape index (κ3) is 6.76. The Balaban J connectivity index is 1.32. The summed E-state index contributed by atoms with van der Waals surface area (Å²) in [6.07, 6.45) is -3.88. The van der Waals surface area contributed by atoms with Crippen LogP contribution in [0.3, 0.4) is 0 Å². The molecule has 0 saturated heterocycles. The van der Waals surface area contributed by atoms with Gasteiger partial charge in [-0.2, -0.15) is 0 Å². The first-order valence-corrected chi connectivity index (χ1v) is 10.6. The molecule has 6 nitrogen and oxygen atoms in total. The molecule has 0 amide bonds. The van der Waals surface area contributed by atoms with Crippen molar-refractivity contribution in [1.82, 2.24) is 9.97 Å².